The van der Waals surface area contributed by atoms with Crippen molar-refractivity contribution in [1.82, 2.24) is 20.3 Å². The first kappa shape index (κ1) is 13.6. The van der Waals surface area contributed by atoms with Crippen LogP contribution in [-0.4, -0.2) is 33.5 Å². The molecule has 0 radical (unpaired) electrons. The Hall–Kier alpha value is -2.41. The van der Waals surface area contributed by atoms with E-state index in [9.17, 15) is 4.79 Å². The standard InChI is InChI=1S/C14H17N5O2/c1-2-21-14-9(4-3-5-15-14)19-13(20)11-6-10-12(7-16-11)18-8-17-10/h3-5,8,11,16H,2,6-7H2,1H3,(H,17,18)(H,19,20). The van der Waals surface area contributed by atoms with E-state index in [-0.39, 0.29) is 11.9 Å². The maximum Gasteiger partial charge on any atom is 0.242 e. The molecule has 3 rings (SSSR count). The van der Waals surface area contributed by atoms with E-state index in [1.165, 1.54) is 0 Å². The van der Waals surface area contributed by atoms with Crippen LogP contribution in [0.15, 0.2) is 24.7 Å². The highest BCUT2D eigenvalue weighted by Crippen LogP contribution is 2.21. The van der Waals surface area contributed by atoms with Crippen LogP contribution in [0.1, 0.15) is 18.3 Å². The van der Waals surface area contributed by atoms with Gasteiger partial charge < -0.3 is 15.0 Å². The highest BCUT2D eigenvalue weighted by Gasteiger charge is 2.26. The van der Waals surface area contributed by atoms with Gasteiger partial charge in [0.25, 0.3) is 0 Å². The second-order valence-corrected chi connectivity index (χ2v) is 4.74. The molecule has 2 aromatic heterocycles. The summed E-state index contributed by atoms with van der Waals surface area (Å²) < 4.78 is 5.41. The van der Waals surface area contributed by atoms with Gasteiger partial charge in [0.1, 0.15) is 5.69 Å². The molecule has 7 nitrogen and oxygen atoms in total. The molecule has 1 aliphatic rings. The molecular weight excluding hydrogens is 270 g/mol. The fraction of sp³-hybridized carbons (Fsp3) is 0.357. The van der Waals surface area contributed by atoms with E-state index in [0.29, 0.717) is 31.1 Å². The van der Waals surface area contributed by atoms with Gasteiger partial charge in [-0.3, -0.25) is 10.1 Å². The van der Waals surface area contributed by atoms with Gasteiger partial charge in [0.2, 0.25) is 11.8 Å². The number of pyridine rings is 1. The molecule has 3 N–H and O–H groups in total. The van der Waals surface area contributed by atoms with Crippen molar-refractivity contribution in [3.63, 3.8) is 0 Å². The van der Waals surface area contributed by atoms with Crippen molar-refractivity contribution in [2.75, 3.05) is 11.9 Å². The van der Waals surface area contributed by atoms with E-state index in [1.54, 1.807) is 24.7 Å². The maximum absolute atomic E-state index is 12.4. The molecule has 0 saturated heterocycles. The van der Waals surface area contributed by atoms with Gasteiger partial charge in [-0.15, -0.1) is 0 Å². The summed E-state index contributed by atoms with van der Waals surface area (Å²) >= 11 is 0. The average Bonchev–Trinajstić information content (AvgIpc) is 2.97. The van der Waals surface area contributed by atoms with Crippen molar-refractivity contribution >= 4 is 11.6 Å². The lowest BCUT2D eigenvalue weighted by Crippen LogP contribution is -2.44. The van der Waals surface area contributed by atoms with Crippen LogP contribution in [0, 0.1) is 0 Å². The highest BCUT2D eigenvalue weighted by atomic mass is 16.5. The normalized spacial score (nSPS) is 17.1. The average molecular weight is 287 g/mol. The Morgan fingerprint density at radius 2 is 2.43 bits per heavy atom. The second kappa shape index (κ2) is 5.92. The Morgan fingerprint density at radius 3 is 3.29 bits per heavy atom. The lowest BCUT2D eigenvalue weighted by molar-refractivity contribution is -0.118. The van der Waals surface area contributed by atoms with Gasteiger partial charge in [0.05, 0.1) is 30.4 Å². The minimum Gasteiger partial charge on any atom is -0.476 e. The smallest absolute Gasteiger partial charge is 0.242 e. The number of fused-ring (bicyclic) bond motifs is 1. The van der Waals surface area contributed by atoms with E-state index in [0.717, 1.165) is 11.4 Å². The number of imidazole rings is 1. The predicted molar refractivity (Wildman–Crippen MR) is 77.0 cm³/mol. The van der Waals surface area contributed by atoms with Crippen LogP contribution in [-0.2, 0) is 17.8 Å². The number of rotatable bonds is 4. The minimum atomic E-state index is -0.310. The zero-order chi connectivity index (χ0) is 14.7. The van der Waals surface area contributed by atoms with Gasteiger partial charge >= 0.3 is 0 Å². The molecule has 0 aliphatic carbocycles. The predicted octanol–water partition coefficient (Wildman–Crippen LogP) is 0.856. The van der Waals surface area contributed by atoms with Crippen LogP contribution in [0.25, 0.3) is 0 Å². The van der Waals surface area contributed by atoms with Crippen LogP contribution in [0.3, 0.4) is 0 Å². The van der Waals surface area contributed by atoms with Gasteiger partial charge in [-0.2, -0.15) is 0 Å². The van der Waals surface area contributed by atoms with E-state index < -0.39 is 0 Å². The van der Waals surface area contributed by atoms with E-state index >= 15 is 0 Å². The van der Waals surface area contributed by atoms with Crippen LogP contribution in [0.4, 0.5) is 5.69 Å². The Labute approximate surface area is 122 Å². The number of aromatic amines is 1. The van der Waals surface area contributed by atoms with E-state index in [1.807, 2.05) is 6.92 Å². The zero-order valence-electron chi connectivity index (χ0n) is 11.7. The summed E-state index contributed by atoms with van der Waals surface area (Å²) in [6.45, 7) is 2.99. The molecular formula is C14H17N5O2. The van der Waals surface area contributed by atoms with Crippen molar-refractivity contribution < 1.29 is 9.53 Å². The molecule has 1 atom stereocenters. The number of carbonyl (C=O) groups excluding carboxylic acids is 1. The quantitative estimate of drug-likeness (QED) is 0.775. The summed E-state index contributed by atoms with van der Waals surface area (Å²) in [5.41, 5.74) is 2.56. The molecule has 0 aromatic carbocycles. The van der Waals surface area contributed by atoms with Crippen molar-refractivity contribution in [2.24, 2.45) is 0 Å². The molecule has 0 saturated carbocycles. The first-order valence-corrected chi connectivity index (χ1v) is 6.91. The molecule has 2 aromatic rings. The third-order valence-electron chi connectivity index (χ3n) is 3.36. The second-order valence-electron chi connectivity index (χ2n) is 4.74. The van der Waals surface area contributed by atoms with Gasteiger partial charge in [0.15, 0.2) is 0 Å². The number of aromatic nitrogens is 3. The molecule has 21 heavy (non-hydrogen) atoms. The lowest BCUT2D eigenvalue weighted by atomic mass is 10.0. The molecule has 110 valence electrons. The number of carbonyl (C=O) groups is 1. The number of hydrogen-bond donors (Lipinski definition) is 3. The number of hydrogen-bond acceptors (Lipinski definition) is 5. The van der Waals surface area contributed by atoms with Crippen LogP contribution < -0.4 is 15.4 Å². The van der Waals surface area contributed by atoms with Crippen molar-refractivity contribution in [1.29, 1.82) is 0 Å². The summed E-state index contributed by atoms with van der Waals surface area (Å²) in [6, 6.07) is 3.23. The summed E-state index contributed by atoms with van der Waals surface area (Å²) in [5.74, 6) is 0.322. The number of anilines is 1. The van der Waals surface area contributed by atoms with Gasteiger partial charge in [-0.1, -0.05) is 0 Å². The van der Waals surface area contributed by atoms with Gasteiger partial charge in [-0.25, -0.2) is 9.97 Å². The third-order valence-corrected chi connectivity index (χ3v) is 3.36. The minimum absolute atomic E-state index is 0.113. The lowest BCUT2D eigenvalue weighted by Gasteiger charge is -2.22. The zero-order valence-corrected chi connectivity index (χ0v) is 11.7. The Bertz CT molecular complexity index is 640. The number of amides is 1. The Morgan fingerprint density at radius 1 is 1.52 bits per heavy atom. The molecule has 0 fully saturated rings. The van der Waals surface area contributed by atoms with Gasteiger partial charge in [-0.05, 0) is 19.1 Å². The molecule has 1 unspecified atom stereocenters. The summed E-state index contributed by atoms with van der Waals surface area (Å²) in [4.78, 5) is 23.8. The first-order valence-electron chi connectivity index (χ1n) is 6.91. The Balaban J connectivity index is 1.70. The van der Waals surface area contributed by atoms with Crippen molar-refractivity contribution in [2.45, 2.75) is 25.9 Å². The highest BCUT2D eigenvalue weighted by molar-refractivity contribution is 5.96. The van der Waals surface area contributed by atoms with Gasteiger partial charge in [0, 0.05) is 19.2 Å². The topological polar surface area (TPSA) is 91.9 Å². The van der Waals surface area contributed by atoms with E-state index in [4.69, 9.17) is 4.74 Å². The summed E-state index contributed by atoms with van der Waals surface area (Å²) in [5, 5.41) is 6.05. The molecule has 1 amide bonds. The largest absolute Gasteiger partial charge is 0.476 e. The molecule has 1 aliphatic heterocycles. The van der Waals surface area contributed by atoms with Crippen LogP contribution in [0.2, 0.25) is 0 Å². The van der Waals surface area contributed by atoms with Crippen molar-refractivity contribution in [3.8, 4) is 5.88 Å². The number of nitrogens with one attached hydrogen (secondary N) is 3. The third kappa shape index (κ3) is 2.87. The molecule has 3 heterocycles. The maximum atomic E-state index is 12.4. The number of ether oxygens (including phenoxy) is 1. The first-order chi connectivity index (χ1) is 10.3. The fourth-order valence-electron chi connectivity index (χ4n) is 2.31. The molecule has 7 heteroatoms. The SMILES string of the molecule is CCOc1ncccc1NC(=O)C1Cc2nc[nH]c2CN1. The number of nitrogens with zero attached hydrogens (tertiary/aromatic N) is 2. The van der Waals surface area contributed by atoms with Crippen LogP contribution in [0.5, 0.6) is 5.88 Å². The van der Waals surface area contributed by atoms with Crippen molar-refractivity contribution in [3.05, 3.63) is 36.0 Å². The van der Waals surface area contributed by atoms with E-state index in [2.05, 4.69) is 25.6 Å². The Kier molecular flexibility index (Phi) is 3.83. The fourth-order valence-corrected chi connectivity index (χ4v) is 2.31. The van der Waals surface area contributed by atoms with Crippen LogP contribution >= 0.6 is 0 Å². The monoisotopic (exact) mass is 287 g/mol. The molecule has 0 spiro atoms. The summed E-state index contributed by atoms with van der Waals surface area (Å²) in [6.07, 6.45) is 3.85. The molecule has 0 bridgehead atoms. The number of H-pyrrole nitrogens is 1. The summed E-state index contributed by atoms with van der Waals surface area (Å²) in [7, 11) is 0.